The number of rotatable bonds is 1. The summed E-state index contributed by atoms with van der Waals surface area (Å²) in [5, 5.41) is 0. The van der Waals surface area contributed by atoms with Crippen LogP contribution in [0.4, 0.5) is 0 Å². The molecule has 0 spiro atoms. The molecule has 0 aromatic carbocycles. The smallest absolute Gasteiger partial charge is 0.140 e. The summed E-state index contributed by atoms with van der Waals surface area (Å²) in [6.07, 6.45) is 8.55. The van der Waals surface area contributed by atoms with E-state index >= 15 is 0 Å². The van der Waals surface area contributed by atoms with Crippen molar-refractivity contribution >= 4 is 17.3 Å². The van der Waals surface area contributed by atoms with Crippen LogP contribution >= 0.6 is 0 Å². The first-order valence-electron chi connectivity index (χ1n) is 18.0. The van der Waals surface area contributed by atoms with Crippen molar-refractivity contribution in [2.24, 2.45) is 64.6 Å². The van der Waals surface area contributed by atoms with Crippen LogP contribution in [0.3, 0.4) is 0 Å². The lowest BCUT2D eigenvalue weighted by atomic mass is 9.43. The zero-order chi connectivity index (χ0) is 32.3. The molecule has 0 aromatic rings. The highest BCUT2D eigenvalue weighted by Gasteiger charge is 2.64. The van der Waals surface area contributed by atoms with E-state index in [-0.39, 0.29) is 40.4 Å². The number of Topliss-reactive ketones (excluding diaryl/α,β-unsaturated/α-hetero) is 3. The molecule has 4 nitrogen and oxygen atoms in total. The van der Waals surface area contributed by atoms with Gasteiger partial charge in [0.2, 0.25) is 0 Å². The summed E-state index contributed by atoms with van der Waals surface area (Å²) in [7, 11) is 0. The quantitative estimate of drug-likeness (QED) is 0.307. The molecule has 0 radical (unpaired) electrons. The van der Waals surface area contributed by atoms with Gasteiger partial charge in [0.15, 0.2) is 0 Å². The Hall–Kier alpha value is -1.03. The molecule has 2 heterocycles. The summed E-state index contributed by atoms with van der Waals surface area (Å²) in [4.78, 5) is 40.0. The second-order valence-corrected chi connectivity index (χ2v) is 15.4. The monoisotopic (exact) mass is 588 g/mol. The van der Waals surface area contributed by atoms with Gasteiger partial charge in [-0.05, 0) is 100 Å². The van der Waals surface area contributed by atoms with E-state index in [0.717, 1.165) is 31.1 Å². The highest BCUT2D eigenvalue weighted by atomic mass is 16.1. The van der Waals surface area contributed by atoms with E-state index in [0.29, 0.717) is 41.3 Å². The largest absolute Gasteiger partial charge is 0.300 e. The van der Waals surface area contributed by atoms with E-state index in [1.807, 2.05) is 27.7 Å². The first-order chi connectivity index (χ1) is 19.7. The molecule has 0 aromatic heterocycles. The lowest BCUT2D eigenvalue weighted by Gasteiger charge is -2.66. The van der Waals surface area contributed by atoms with E-state index in [1.165, 1.54) is 46.1 Å². The summed E-state index contributed by atoms with van der Waals surface area (Å²) in [5.41, 5.74) is 0.488. The van der Waals surface area contributed by atoms with Crippen LogP contribution in [-0.4, -0.2) is 40.4 Å². The van der Waals surface area contributed by atoms with Crippen LogP contribution in [0.1, 0.15) is 142 Å². The number of ketones is 3. The first kappa shape index (κ1) is 37.2. The molecular formula is C38H69NO3. The second kappa shape index (κ2) is 14.8. The SMILES string of the molecule is CC.CC.CC(C)=O.CCC1CC2C3CC4N5CC(C)CC(C)CC5(C)CCC4(C)C(C)C3C(=O)C(C)C2C(=O)[C@H]1C. The maximum absolute atomic E-state index is 14.0. The maximum atomic E-state index is 14.0. The van der Waals surface area contributed by atoms with Gasteiger partial charge in [0.1, 0.15) is 17.3 Å². The third kappa shape index (κ3) is 6.79. The molecule has 0 amide bonds. The molecule has 244 valence electrons. The Morgan fingerprint density at radius 3 is 1.86 bits per heavy atom. The number of nitrogens with zero attached hydrogens (tertiary/aromatic N) is 1. The van der Waals surface area contributed by atoms with E-state index < -0.39 is 0 Å². The Kier molecular flexibility index (Phi) is 13.1. The van der Waals surface area contributed by atoms with Crippen LogP contribution < -0.4 is 0 Å². The van der Waals surface area contributed by atoms with Gasteiger partial charge in [-0.3, -0.25) is 14.5 Å². The average molecular weight is 588 g/mol. The van der Waals surface area contributed by atoms with Crippen LogP contribution in [0, 0.1) is 64.6 Å². The Labute approximate surface area is 260 Å². The van der Waals surface area contributed by atoms with Crippen LogP contribution in [0.25, 0.3) is 0 Å². The Morgan fingerprint density at radius 2 is 1.31 bits per heavy atom. The molecule has 12 unspecified atom stereocenters. The van der Waals surface area contributed by atoms with Crippen molar-refractivity contribution in [1.82, 2.24) is 4.90 Å². The Balaban J connectivity index is 0.000000699. The van der Waals surface area contributed by atoms with Gasteiger partial charge < -0.3 is 4.79 Å². The second-order valence-electron chi connectivity index (χ2n) is 15.4. The molecule has 0 bridgehead atoms. The summed E-state index contributed by atoms with van der Waals surface area (Å²) in [6.45, 7) is 31.2. The number of fused-ring (bicyclic) bond motifs is 6. The molecule has 3 aliphatic carbocycles. The fraction of sp³-hybridized carbons (Fsp3) is 0.921. The molecule has 5 fully saturated rings. The molecule has 3 saturated carbocycles. The predicted octanol–water partition coefficient (Wildman–Crippen LogP) is 9.29. The molecule has 0 N–H and O–H groups in total. The predicted molar refractivity (Wildman–Crippen MR) is 177 cm³/mol. The van der Waals surface area contributed by atoms with Gasteiger partial charge in [0, 0.05) is 41.8 Å². The van der Waals surface area contributed by atoms with E-state index in [4.69, 9.17) is 0 Å². The summed E-state index contributed by atoms with van der Waals surface area (Å²) >= 11 is 0. The number of piperidine rings is 1. The van der Waals surface area contributed by atoms with Crippen LogP contribution in [0.15, 0.2) is 0 Å². The fourth-order valence-corrected chi connectivity index (χ4v) is 10.6. The van der Waals surface area contributed by atoms with Crippen molar-refractivity contribution in [3.63, 3.8) is 0 Å². The van der Waals surface area contributed by atoms with Gasteiger partial charge in [0.05, 0.1) is 0 Å². The van der Waals surface area contributed by atoms with E-state index in [2.05, 4.69) is 60.3 Å². The molecule has 5 aliphatic rings. The van der Waals surface area contributed by atoms with Crippen LogP contribution in [0.5, 0.6) is 0 Å². The average Bonchev–Trinajstić information content (AvgIpc) is 3.05. The van der Waals surface area contributed by atoms with Crippen LogP contribution in [-0.2, 0) is 14.4 Å². The van der Waals surface area contributed by atoms with Gasteiger partial charge in [-0.15, -0.1) is 0 Å². The van der Waals surface area contributed by atoms with Gasteiger partial charge in [-0.25, -0.2) is 0 Å². The summed E-state index contributed by atoms with van der Waals surface area (Å²) in [5.74, 6) is 4.39. The third-order valence-electron chi connectivity index (χ3n) is 12.6. The minimum Gasteiger partial charge on any atom is -0.300 e. The highest BCUT2D eigenvalue weighted by molar-refractivity contribution is 5.94. The van der Waals surface area contributed by atoms with Crippen LogP contribution in [0.2, 0.25) is 0 Å². The molecule has 2 aliphatic heterocycles. The van der Waals surface area contributed by atoms with Crippen molar-refractivity contribution in [2.45, 2.75) is 153 Å². The van der Waals surface area contributed by atoms with Crippen molar-refractivity contribution < 1.29 is 14.4 Å². The zero-order valence-corrected chi connectivity index (χ0v) is 30.2. The van der Waals surface area contributed by atoms with Gasteiger partial charge >= 0.3 is 0 Å². The molecule has 4 heteroatoms. The van der Waals surface area contributed by atoms with Crippen molar-refractivity contribution in [1.29, 1.82) is 0 Å². The zero-order valence-electron chi connectivity index (χ0n) is 30.2. The summed E-state index contributed by atoms with van der Waals surface area (Å²) < 4.78 is 0. The molecule has 2 saturated heterocycles. The Bertz CT molecular complexity index is 925. The van der Waals surface area contributed by atoms with Crippen molar-refractivity contribution in [3.8, 4) is 0 Å². The minimum atomic E-state index is -0.0884. The molecule has 5 rings (SSSR count). The first-order valence-corrected chi connectivity index (χ1v) is 18.0. The molecule has 42 heavy (non-hydrogen) atoms. The van der Waals surface area contributed by atoms with Gasteiger partial charge in [0.25, 0.3) is 0 Å². The van der Waals surface area contributed by atoms with Gasteiger partial charge in [-0.1, -0.05) is 82.6 Å². The van der Waals surface area contributed by atoms with Crippen molar-refractivity contribution in [2.75, 3.05) is 6.54 Å². The number of hydrogen-bond donors (Lipinski definition) is 0. The van der Waals surface area contributed by atoms with E-state index in [1.54, 1.807) is 0 Å². The van der Waals surface area contributed by atoms with Gasteiger partial charge in [-0.2, -0.15) is 0 Å². The Morgan fingerprint density at radius 1 is 0.786 bits per heavy atom. The molecular weight excluding hydrogens is 518 g/mol. The number of carbonyl (C=O) groups is 3. The highest BCUT2D eigenvalue weighted by Crippen LogP contribution is 2.63. The number of carbonyl (C=O) groups excluding carboxylic acids is 3. The van der Waals surface area contributed by atoms with Crippen molar-refractivity contribution in [3.05, 3.63) is 0 Å². The lowest BCUT2D eigenvalue weighted by molar-refractivity contribution is -0.184. The minimum absolute atomic E-state index is 0.0267. The standard InChI is InChI=1S/C31H51NO2.C3H6O.2C2H6/c1-9-22-13-23-24-14-25-31(8,11-10-30(7)15-17(2)12-18(3)16-32(25)30)21(6)27(24)29(34)20(5)26(23)28(33)19(22)4;1-3(2)4;2*1-2/h17-27H,9-16H2,1-8H3;1-2H3;2*1-2H3/t17?,18?,19-,20?,21?,22?,23?,24?,25?,26?,27?,30?,31?;;;/m0.../s1. The normalized spacial score (nSPS) is 46.3. The maximum Gasteiger partial charge on any atom is 0.140 e. The lowest BCUT2D eigenvalue weighted by Crippen LogP contribution is -2.69. The number of hydrogen-bond acceptors (Lipinski definition) is 4. The third-order valence-corrected chi connectivity index (χ3v) is 12.6. The topological polar surface area (TPSA) is 54.5 Å². The molecule has 13 atom stereocenters. The van der Waals surface area contributed by atoms with E-state index in [9.17, 15) is 14.4 Å². The fourth-order valence-electron chi connectivity index (χ4n) is 10.6. The summed E-state index contributed by atoms with van der Waals surface area (Å²) in [6, 6.07) is 0.548.